The Morgan fingerprint density at radius 3 is 2.11 bits per heavy atom. The van der Waals surface area contributed by atoms with Gasteiger partial charge in [0.2, 0.25) is 0 Å². The molecule has 0 saturated carbocycles. The highest BCUT2D eigenvalue weighted by Gasteiger charge is 2.24. The number of ether oxygens (including phenoxy) is 1. The molecule has 0 saturated heterocycles. The highest BCUT2D eigenvalue weighted by molar-refractivity contribution is 5.94. The molecule has 0 aliphatic rings. The van der Waals surface area contributed by atoms with Gasteiger partial charge in [0.25, 0.3) is 5.56 Å². The van der Waals surface area contributed by atoms with Crippen LogP contribution in [0.3, 0.4) is 0 Å². The number of amides is 1. The Morgan fingerprint density at radius 1 is 1.03 bits per heavy atom. The predicted molar refractivity (Wildman–Crippen MR) is 135 cm³/mol. The first-order valence-electron chi connectivity index (χ1n) is 11.6. The van der Waals surface area contributed by atoms with Gasteiger partial charge in [0.1, 0.15) is 22.8 Å². The van der Waals surface area contributed by atoms with Crippen molar-refractivity contribution < 1.29 is 23.1 Å². The molecular weight excluding hydrogens is 484 g/mol. The number of aromatic nitrogens is 2. The molecule has 1 amide bonds. The van der Waals surface area contributed by atoms with Crippen LogP contribution in [0.5, 0.6) is 0 Å². The molecule has 0 aliphatic heterocycles. The fourth-order valence-corrected chi connectivity index (χ4v) is 3.96. The number of hydrogen-bond donors (Lipinski definition) is 1. The van der Waals surface area contributed by atoms with Crippen molar-refractivity contribution in [2.24, 2.45) is 0 Å². The third-order valence-corrected chi connectivity index (χ3v) is 5.79. The van der Waals surface area contributed by atoms with Gasteiger partial charge in [0.05, 0.1) is 12.6 Å². The molecule has 1 aromatic heterocycles. The molecule has 2 aromatic carbocycles. The molecule has 1 N–H and O–H groups in total. The third kappa shape index (κ3) is 6.02. The molecule has 37 heavy (non-hydrogen) atoms. The minimum Gasteiger partial charge on any atom is -0.444 e. The normalized spacial score (nSPS) is 12.2. The second kappa shape index (κ2) is 10.5. The first-order chi connectivity index (χ1) is 17.2. The van der Waals surface area contributed by atoms with E-state index in [1.54, 1.807) is 52.0 Å². The topological polar surface area (TPSA) is 99.4 Å². The van der Waals surface area contributed by atoms with Gasteiger partial charge in [0.15, 0.2) is 5.78 Å². The Balaban J connectivity index is 2.06. The summed E-state index contributed by atoms with van der Waals surface area (Å²) in [5.41, 5.74) is -1.93. The van der Waals surface area contributed by atoms with Gasteiger partial charge in [-0.3, -0.25) is 24.0 Å². The SMILES string of the molecule is CC(=O)c1c(C)n(Cc2c(F)cccc2F)c(=O)n([C@H](C)c2ccc(NC(=O)OC(C)(C)C)cc2)c1=O. The summed E-state index contributed by atoms with van der Waals surface area (Å²) >= 11 is 0. The van der Waals surface area contributed by atoms with Crippen LogP contribution in [-0.2, 0) is 11.3 Å². The summed E-state index contributed by atoms with van der Waals surface area (Å²) < 4.78 is 35.8. The van der Waals surface area contributed by atoms with Crippen molar-refractivity contribution in [2.75, 3.05) is 5.32 Å². The van der Waals surface area contributed by atoms with Gasteiger partial charge >= 0.3 is 11.8 Å². The van der Waals surface area contributed by atoms with Gasteiger partial charge in [-0.25, -0.2) is 18.4 Å². The van der Waals surface area contributed by atoms with E-state index in [1.165, 1.54) is 19.9 Å². The molecule has 0 spiro atoms. The van der Waals surface area contributed by atoms with Crippen molar-refractivity contribution in [3.63, 3.8) is 0 Å². The highest BCUT2D eigenvalue weighted by Crippen LogP contribution is 2.20. The van der Waals surface area contributed by atoms with Crippen molar-refractivity contribution in [1.29, 1.82) is 0 Å². The van der Waals surface area contributed by atoms with E-state index in [0.29, 0.717) is 11.3 Å². The van der Waals surface area contributed by atoms with E-state index in [-0.39, 0.29) is 16.8 Å². The molecule has 8 nitrogen and oxygen atoms in total. The van der Waals surface area contributed by atoms with Gasteiger partial charge < -0.3 is 4.74 Å². The van der Waals surface area contributed by atoms with Crippen LogP contribution in [-0.4, -0.2) is 26.6 Å². The number of rotatable bonds is 6. The van der Waals surface area contributed by atoms with Crippen molar-refractivity contribution in [3.8, 4) is 0 Å². The molecule has 0 aliphatic carbocycles. The number of carbonyl (C=O) groups excluding carboxylic acids is 2. The van der Waals surface area contributed by atoms with Gasteiger partial charge in [-0.1, -0.05) is 18.2 Å². The molecule has 0 fully saturated rings. The molecule has 0 bridgehead atoms. The van der Waals surface area contributed by atoms with Gasteiger partial charge in [-0.05, 0) is 71.4 Å². The quantitative estimate of drug-likeness (QED) is 0.477. The van der Waals surface area contributed by atoms with E-state index in [2.05, 4.69) is 5.32 Å². The number of halogens is 2. The van der Waals surface area contributed by atoms with E-state index in [1.807, 2.05) is 0 Å². The molecule has 1 heterocycles. The van der Waals surface area contributed by atoms with Crippen LogP contribution in [0.1, 0.15) is 67.8 Å². The lowest BCUT2D eigenvalue weighted by molar-refractivity contribution is 0.0635. The average molecular weight is 514 g/mol. The number of ketones is 1. The fraction of sp³-hybridized carbons (Fsp3) is 0.333. The average Bonchev–Trinajstić information content (AvgIpc) is 2.77. The Bertz CT molecular complexity index is 1450. The number of Topliss-reactive ketones (excluding diaryl/α,β-unsaturated/α-hetero) is 1. The Hall–Kier alpha value is -4.08. The van der Waals surface area contributed by atoms with Gasteiger partial charge in [0, 0.05) is 16.9 Å². The lowest BCUT2D eigenvalue weighted by atomic mass is 10.1. The molecule has 0 unspecified atom stereocenters. The largest absolute Gasteiger partial charge is 0.444 e. The maximum absolute atomic E-state index is 14.4. The monoisotopic (exact) mass is 513 g/mol. The van der Waals surface area contributed by atoms with Crippen LogP contribution < -0.4 is 16.6 Å². The summed E-state index contributed by atoms with van der Waals surface area (Å²) in [6, 6.07) is 8.87. The van der Waals surface area contributed by atoms with Crippen LogP contribution in [0.15, 0.2) is 52.1 Å². The fourth-order valence-electron chi connectivity index (χ4n) is 3.96. The molecule has 1 atom stereocenters. The summed E-state index contributed by atoms with van der Waals surface area (Å²) in [5.74, 6) is -2.28. The molecule has 0 radical (unpaired) electrons. The van der Waals surface area contributed by atoms with Gasteiger partial charge in [-0.15, -0.1) is 0 Å². The summed E-state index contributed by atoms with van der Waals surface area (Å²) in [4.78, 5) is 51.1. The van der Waals surface area contributed by atoms with Crippen LogP contribution in [0, 0.1) is 18.6 Å². The summed E-state index contributed by atoms with van der Waals surface area (Å²) in [7, 11) is 0. The molecule has 3 aromatic rings. The Morgan fingerprint density at radius 2 is 1.59 bits per heavy atom. The van der Waals surface area contributed by atoms with Crippen LogP contribution in [0.25, 0.3) is 0 Å². The third-order valence-electron chi connectivity index (χ3n) is 5.79. The Labute approximate surface area is 212 Å². The van der Waals surface area contributed by atoms with Crippen molar-refractivity contribution in [1.82, 2.24) is 9.13 Å². The number of hydrogen-bond acceptors (Lipinski definition) is 5. The standard InChI is InChI=1S/C27H29F2N3O5/c1-15(18-10-12-19(13-11-18)30-25(35)37-27(4,5)6)32-24(34)23(17(3)33)16(2)31(26(32)36)14-20-21(28)8-7-9-22(20)29/h7-13,15H,14H2,1-6H3,(H,30,35)/t15-/m1/s1. The van der Waals surface area contributed by atoms with Crippen molar-refractivity contribution in [3.05, 3.63) is 97.3 Å². The number of nitrogens with one attached hydrogen (secondary N) is 1. The summed E-state index contributed by atoms with van der Waals surface area (Å²) in [5, 5.41) is 2.59. The van der Waals surface area contributed by atoms with Crippen LogP contribution >= 0.6 is 0 Å². The molecule has 3 rings (SSSR count). The first kappa shape index (κ1) is 27.5. The highest BCUT2D eigenvalue weighted by atomic mass is 19.1. The predicted octanol–water partition coefficient (Wildman–Crippen LogP) is 4.80. The van der Waals surface area contributed by atoms with Crippen molar-refractivity contribution in [2.45, 2.75) is 59.7 Å². The summed E-state index contributed by atoms with van der Waals surface area (Å²) in [6.07, 6.45) is -0.641. The lowest BCUT2D eigenvalue weighted by Gasteiger charge is -2.21. The van der Waals surface area contributed by atoms with E-state index < -0.39 is 52.9 Å². The minimum absolute atomic E-state index is 0.0190. The minimum atomic E-state index is -0.852. The van der Waals surface area contributed by atoms with E-state index in [9.17, 15) is 28.0 Å². The number of carbonyl (C=O) groups is 2. The number of benzene rings is 2. The smallest absolute Gasteiger partial charge is 0.412 e. The first-order valence-corrected chi connectivity index (χ1v) is 11.6. The van der Waals surface area contributed by atoms with Gasteiger partial charge in [-0.2, -0.15) is 0 Å². The molecule has 10 heteroatoms. The van der Waals surface area contributed by atoms with E-state index in [4.69, 9.17) is 4.74 Å². The Kier molecular flexibility index (Phi) is 7.80. The molecule has 196 valence electrons. The maximum atomic E-state index is 14.4. The summed E-state index contributed by atoms with van der Waals surface area (Å²) in [6.45, 7) is 8.87. The zero-order chi connectivity index (χ0) is 27.7. The zero-order valence-corrected chi connectivity index (χ0v) is 21.5. The molecular formula is C27H29F2N3O5. The second-order valence-electron chi connectivity index (χ2n) is 9.69. The van der Waals surface area contributed by atoms with E-state index in [0.717, 1.165) is 21.3 Å². The second-order valence-corrected chi connectivity index (χ2v) is 9.69. The number of nitrogens with zero attached hydrogens (tertiary/aromatic N) is 2. The van der Waals surface area contributed by atoms with Crippen LogP contribution in [0.4, 0.5) is 19.3 Å². The lowest BCUT2D eigenvalue weighted by Crippen LogP contribution is -2.45. The maximum Gasteiger partial charge on any atom is 0.412 e. The van der Waals surface area contributed by atoms with Crippen molar-refractivity contribution >= 4 is 17.6 Å². The van der Waals surface area contributed by atoms with E-state index >= 15 is 0 Å². The zero-order valence-electron chi connectivity index (χ0n) is 21.5. The van der Waals surface area contributed by atoms with Crippen LogP contribution in [0.2, 0.25) is 0 Å². The number of anilines is 1.